The Hall–Kier alpha value is -1.66. The quantitative estimate of drug-likeness (QED) is 0.877. The number of hydrogen-bond donors (Lipinski definition) is 1. The number of sulfone groups is 1. The van der Waals surface area contributed by atoms with Gasteiger partial charge in [0.15, 0.2) is 10.7 Å². The van der Waals surface area contributed by atoms with Gasteiger partial charge in [0.1, 0.15) is 0 Å². The molecule has 0 aliphatic rings. The van der Waals surface area contributed by atoms with E-state index in [0.29, 0.717) is 0 Å². The predicted molar refractivity (Wildman–Crippen MR) is 71.7 cm³/mol. The Morgan fingerprint density at radius 1 is 0.895 bits per heavy atom. The van der Waals surface area contributed by atoms with Crippen molar-refractivity contribution in [2.24, 2.45) is 0 Å². The maximum Gasteiger partial charge on any atom is 0.206 e. The lowest BCUT2D eigenvalue weighted by Crippen LogP contribution is -2.02. The summed E-state index contributed by atoms with van der Waals surface area (Å²) in [7, 11) is -6.48. The SMILES string of the molecule is Cc1cccc(S(=O)(=O)c2cccc([SH](=O)=O)c2)c1. The van der Waals surface area contributed by atoms with Crippen LogP contribution in [0, 0.1) is 6.92 Å². The Balaban J connectivity index is 2.60. The molecule has 6 heteroatoms. The normalized spacial score (nSPS) is 11.7. The second-order valence-electron chi connectivity index (χ2n) is 4.07. The van der Waals surface area contributed by atoms with Gasteiger partial charge in [0.05, 0.1) is 14.7 Å². The van der Waals surface area contributed by atoms with Gasteiger partial charge in [-0.2, -0.15) is 0 Å². The molecule has 0 fully saturated rings. The zero-order valence-electron chi connectivity index (χ0n) is 10.1. The Labute approximate surface area is 113 Å². The minimum Gasteiger partial charge on any atom is -0.227 e. The van der Waals surface area contributed by atoms with Gasteiger partial charge < -0.3 is 0 Å². The van der Waals surface area contributed by atoms with Gasteiger partial charge in [-0.3, -0.25) is 0 Å². The molecule has 100 valence electrons. The van der Waals surface area contributed by atoms with Crippen molar-refractivity contribution in [2.45, 2.75) is 21.6 Å². The van der Waals surface area contributed by atoms with E-state index in [-0.39, 0.29) is 14.7 Å². The molecule has 0 saturated carbocycles. The van der Waals surface area contributed by atoms with Crippen molar-refractivity contribution in [3.8, 4) is 0 Å². The number of hydrogen-bond acceptors (Lipinski definition) is 4. The number of aryl methyl sites for hydroxylation is 1. The average Bonchev–Trinajstić information content (AvgIpc) is 2.39. The third kappa shape index (κ3) is 2.85. The molecule has 0 N–H and O–H groups in total. The van der Waals surface area contributed by atoms with Gasteiger partial charge in [-0.15, -0.1) is 0 Å². The van der Waals surface area contributed by atoms with E-state index in [1.165, 1.54) is 30.3 Å². The molecule has 0 aliphatic heterocycles. The van der Waals surface area contributed by atoms with Gasteiger partial charge in [0, 0.05) is 0 Å². The van der Waals surface area contributed by atoms with E-state index in [4.69, 9.17) is 0 Å². The van der Waals surface area contributed by atoms with Crippen molar-refractivity contribution < 1.29 is 16.8 Å². The van der Waals surface area contributed by atoms with Crippen molar-refractivity contribution >= 4 is 20.5 Å². The number of benzene rings is 2. The molecule has 2 aromatic carbocycles. The summed E-state index contributed by atoms with van der Waals surface area (Å²) >= 11 is 0. The molecule has 19 heavy (non-hydrogen) atoms. The van der Waals surface area contributed by atoms with Crippen LogP contribution < -0.4 is 0 Å². The van der Waals surface area contributed by atoms with E-state index < -0.39 is 20.5 Å². The highest BCUT2D eigenvalue weighted by molar-refractivity contribution is 7.91. The zero-order chi connectivity index (χ0) is 14.0. The first-order chi connectivity index (χ1) is 8.91. The molecule has 0 spiro atoms. The van der Waals surface area contributed by atoms with E-state index in [2.05, 4.69) is 0 Å². The van der Waals surface area contributed by atoms with Gasteiger partial charge in [0.2, 0.25) is 9.84 Å². The molecule has 0 aliphatic carbocycles. The number of thiol groups is 1. The molecule has 0 radical (unpaired) electrons. The summed E-state index contributed by atoms with van der Waals surface area (Å²) in [4.78, 5) is 0.129. The first-order valence-corrected chi connectivity index (χ1v) is 8.13. The van der Waals surface area contributed by atoms with Gasteiger partial charge in [0.25, 0.3) is 0 Å². The van der Waals surface area contributed by atoms with E-state index in [0.717, 1.165) is 5.56 Å². The molecular weight excluding hydrogens is 284 g/mol. The van der Waals surface area contributed by atoms with Crippen LogP contribution in [-0.4, -0.2) is 16.8 Å². The van der Waals surface area contributed by atoms with E-state index in [1.807, 2.05) is 0 Å². The standard InChI is InChI=1S/C13H12O4S2/c1-10-4-2-6-12(8-10)19(16,17)13-7-3-5-11(9-13)18(14)15/h2-9,18H,1H3. The summed E-state index contributed by atoms with van der Waals surface area (Å²) in [5.74, 6) is 0. The fraction of sp³-hybridized carbons (Fsp3) is 0.0769. The highest BCUT2D eigenvalue weighted by Gasteiger charge is 2.18. The summed E-state index contributed by atoms with van der Waals surface area (Å²) in [6, 6.07) is 11.8. The minimum absolute atomic E-state index is 0.0104. The van der Waals surface area contributed by atoms with Gasteiger partial charge in [-0.05, 0) is 42.8 Å². The lowest BCUT2D eigenvalue weighted by Gasteiger charge is -2.05. The average molecular weight is 296 g/mol. The van der Waals surface area contributed by atoms with Crippen molar-refractivity contribution in [1.82, 2.24) is 0 Å². The summed E-state index contributed by atoms with van der Waals surface area (Å²) in [5.41, 5.74) is 0.826. The molecule has 0 aromatic heterocycles. The first kappa shape index (κ1) is 13.8. The summed E-state index contributed by atoms with van der Waals surface area (Å²) in [6.07, 6.45) is 0. The molecule has 0 saturated heterocycles. The Morgan fingerprint density at radius 2 is 1.47 bits per heavy atom. The Bertz CT molecular complexity index is 782. The van der Waals surface area contributed by atoms with Crippen molar-refractivity contribution in [3.63, 3.8) is 0 Å². The number of rotatable bonds is 3. The fourth-order valence-corrected chi connectivity index (χ4v) is 3.63. The third-order valence-electron chi connectivity index (χ3n) is 2.64. The first-order valence-electron chi connectivity index (χ1n) is 5.47. The van der Waals surface area contributed by atoms with Crippen LogP contribution in [0.15, 0.2) is 63.2 Å². The molecule has 0 amide bonds. The zero-order valence-corrected chi connectivity index (χ0v) is 11.8. The molecule has 2 aromatic rings. The van der Waals surface area contributed by atoms with Crippen LogP contribution in [-0.2, 0) is 20.5 Å². The van der Waals surface area contributed by atoms with Crippen LogP contribution in [0.5, 0.6) is 0 Å². The van der Waals surface area contributed by atoms with Crippen molar-refractivity contribution in [3.05, 3.63) is 54.1 Å². The van der Waals surface area contributed by atoms with Crippen LogP contribution in [0.3, 0.4) is 0 Å². The predicted octanol–water partition coefficient (Wildman–Crippen LogP) is 1.80. The van der Waals surface area contributed by atoms with Crippen LogP contribution >= 0.6 is 0 Å². The van der Waals surface area contributed by atoms with Gasteiger partial charge in [-0.25, -0.2) is 16.8 Å². The fourth-order valence-electron chi connectivity index (χ4n) is 1.68. The van der Waals surface area contributed by atoms with E-state index >= 15 is 0 Å². The molecule has 0 bridgehead atoms. The van der Waals surface area contributed by atoms with Crippen LogP contribution in [0.2, 0.25) is 0 Å². The second-order valence-corrected chi connectivity index (χ2v) is 7.05. The summed E-state index contributed by atoms with van der Waals surface area (Å²) < 4.78 is 46.6. The van der Waals surface area contributed by atoms with Crippen molar-refractivity contribution in [2.75, 3.05) is 0 Å². The molecule has 4 nitrogen and oxygen atoms in total. The van der Waals surface area contributed by atoms with Gasteiger partial charge >= 0.3 is 0 Å². The lowest BCUT2D eigenvalue weighted by atomic mass is 10.2. The van der Waals surface area contributed by atoms with E-state index in [9.17, 15) is 16.8 Å². The summed E-state index contributed by atoms with van der Waals surface area (Å²) in [6.45, 7) is 1.80. The molecular formula is C13H12O4S2. The van der Waals surface area contributed by atoms with Crippen LogP contribution in [0.1, 0.15) is 5.56 Å². The third-order valence-corrected chi connectivity index (χ3v) is 5.09. The lowest BCUT2D eigenvalue weighted by molar-refractivity contribution is 0.595. The highest BCUT2D eigenvalue weighted by Crippen LogP contribution is 2.22. The second kappa shape index (κ2) is 5.14. The highest BCUT2D eigenvalue weighted by atomic mass is 32.2. The van der Waals surface area contributed by atoms with Crippen LogP contribution in [0.4, 0.5) is 0 Å². The monoisotopic (exact) mass is 296 g/mol. The van der Waals surface area contributed by atoms with Crippen LogP contribution in [0.25, 0.3) is 0 Å². The largest absolute Gasteiger partial charge is 0.227 e. The maximum absolute atomic E-state index is 12.4. The maximum atomic E-state index is 12.4. The molecule has 0 unspecified atom stereocenters. The smallest absolute Gasteiger partial charge is 0.206 e. The summed E-state index contributed by atoms with van der Waals surface area (Å²) in [5, 5.41) is 0. The van der Waals surface area contributed by atoms with Crippen molar-refractivity contribution in [1.29, 1.82) is 0 Å². The topological polar surface area (TPSA) is 68.3 Å². The molecule has 0 heterocycles. The minimum atomic E-state index is -3.68. The van der Waals surface area contributed by atoms with Gasteiger partial charge in [-0.1, -0.05) is 18.2 Å². The molecule has 2 rings (SSSR count). The Morgan fingerprint density at radius 3 is 2.05 bits per heavy atom. The Kier molecular flexibility index (Phi) is 3.73. The van der Waals surface area contributed by atoms with E-state index in [1.54, 1.807) is 25.1 Å². The molecule has 0 atom stereocenters.